The molecule has 2 rings (SSSR count). The first kappa shape index (κ1) is 15.2. The van der Waals surface area contributed by atoms with Gasteiger partial charge in [0.25, 0.3) is 15.7 Å². The molecule has 0 aromatic heterocycles. The van der Waals surface area contributed by atoms with E-state index in [4.69, 9.17) is 11.6 Å². The fourth-order valence-electron chi connectivity index (χ4n) is 1.54. The Morgan fingerprint density at radius 3 is 2.52 bits per heavy atom. The second-order valence-corrected chi connectivity index (χ2v) is 6.08. The second kappa shape index (κ2) is 5.66. The lowest BCUT2D eigenvalue weighted by atomic mass is 10.3. The van der Waals surface area contributed by atoms with Gasteiger partial charge in [-0.3, -0.25) is 14.8 Å². The van der Waals surface area contributed by atoms with Gasteiger partial charge in [0.1, 0.15) is 5.82 Å². The van der Waals surface area contributed by atoms with Gasteiger partial charge in [-0.2, -0.15) is 0 Å². The van der Waals surface area contributed by atoms with Gasteiger partial charge in [0.05, 0.1) is 20.5 Å². The summed E-state index contributed by atoms with van der Waals surface area (Å²) in [5, 5.41) is 10.3. The molecule has 0 unspecified atom stereocenters. The van der Waals surface area contributed by atoms with Crippen LogP contribution >= 0.6 is 11.6 Å². The number of non-ortho nitro benzene ring substituents is 1. The largest absolute Gasteiger partial charge is 0.279 e. The molecule has 2 aromatic carbocycles. The molecule has 110 valence electrons. The third-order valence-electron chi connectivity index (χ3n) is 2.51. The van der Waals surface area contributed by atoms with Crippen LogP contribution in [0.4, 0.5) is 15.8 Å². The molecule has 0 atom stereocenters. The topological polar surface area (TPSA) is 89.3 Å². The van der Waals surface area contributed by atoms with E-state index in [2.05, 4.69) is 4.72 Å². The zero-order valence-corrected chi connectivity index (χ0v) is 11.9. The Hall–Kier alpha value is -2.19. The molecule has 0 fully saturated rings. The van der Waals surface area contributed by atoms with Crippen molar-refractivity contribution in [3.63, 3.8) is 0 Å². The molecule has 9 heteroatoms. The highest BCUT2D eigenvalue weighted by Crippen LogP contribution is 2.23. The van der Waals surface area contributed by atoms with Crippen LogP contribution in [0.5, 0.6) is 0 Å². The summed E-state index contributed by atoms with van der Waals surface area (Å²) in [5.41, 5.74) is -0.239. The average molecular weight is 331 g/mol. The summed E-state index contributed by atoms with van der Waals surface area (Å²) in [6.45, 7) is 0. The lowest BCUT2D eigenvalue weighted by Crippen LogP contribution is -2.13. The van der Waals surface area contributed by atoms with Gasteiger partial charge < -0.3 is 0 Å². The first-order valence-electron chi connectivity index (χ1n) is 5.52. The Bertz CT molecular complexity index is 811. The first-order valence-corrected chi connectivity index (χ1v) is 7.38. The van der Waals surface area contributed by atoms with Crippen LogP contribution in [-0.2, 0) is 10.0 Å². The van der Waals surface area contributed by atoms with Crippen LogP contribution in [0.3, 0.4) is 0 Å². The van der Waals surface area contributed by atoms with Crippen molar-refractivity contribution < 1.29 is 17.7 Å². The van der Waals surface area contributed by atoms with Gasteiger partial charge in [0.15, 0.2) is 0 Å². The van der Waals surface area contributed by atoms with E-state index < -0.39 is 20.8 Å². The minimum Gasteiger partial charge on any atom is -0.279 e. The summed E-state index contributed by atoms with van der Waals surface area (Å²) in [7, 11) is -4.02. The molecular formula is C12H8ClFN2O4S. The molecule has 0 aliphatic carbocycles. The van der Waals surface area contributed by atoms with Crippen molar-refractivity contribution in [2.45, 2.75) is 4.90 Å². The van der Waals surface area contributed by atoms with Gasteiger partial charge in [-0.1, -0.05) is 17.7 Å². The van der Waals surface area contributed by atoms with Crippen molar-refractivity contribution in [2.75, 3.05) is 4.72 Å². The lowest BCUT2D eigenvalue weighted by molar-refractivity contribution is -0.384. The molecule has 0 amide bonds. The van der Waals surface area contributed by atoms with Gasteiger partial charge >= 0.3 is 0 Å². The molecule has 0 aliphatic heterocycles. The van der Waals surface area contributed by atoms with E-state index in [1.807, 2.05) is 0 Å². The molecule has 0 saturated heterocycles. The lowest BCUT2D eigenvalue weighted by Gasteiger charge is -2.08. The van der Waals surface area contributed by atoms with Crippen LogP contribution < -0.4 is 4.72 Å². The van der Waals surface area contributed by atoms with E-state index in [9.17, 15) is 22.9 Å². The van der Waals surface area contributed by atoms with Crippen LogP contribution in [0.2, 0.25) is 5.02 Å². The zero-order valence-electron chi connectivity index (χ0n) is 10.3. The maximum atomic E-state index is 13.0. The Morgan fingerprint density at radius 2 is 1.90 bits per heavy atom. The smallest absolute Gasteiger partial charge is 0.271 e. The van der Waals surface area contributed by atoms with Gasteiger partial charge in [0.2, 0.25) is 0 Å². The minimum absolute atomic E-state index is 0.0182. The highest BCUT2D eigenvalue weighted by Gasteiger charge is 2.17. The number of anilines is 1. The average Bonchev–Trinajstić information content (AvgIpc) is 2.41. The molecule has 0 radical (unpaired) electrons. The van der Waals surface area contributed by atoms with Crippen molar-refractivity contribution in [2.24, 2.45) is 0 Å². The van der Waals surface area contributed by atoms with Crippen LogP contribution in [-0.4, -0.2) is 13.3 Å². The number of hydrogen-bond acceptors (Lipinski definition) is 4. The molecule has 0 spiro atoms. The van der Waals surface area contributed by atoms with E-state index in [1.54, 1.807) is 0 Å². The van der Waals surface area contributed by atoms with E-state index >= 15 is 0 Å². The number of benzene rings is 2. The van der Waals surface area contributed by atoms with Crippen LogP contribution in [0.15, 0.2) is 47.4 Å². The maximum Gasteiger partial charge on any atom is 0.271 e. The fraction of sp³-hybridized carbons (Fsp3) is 0. The molecule has 0 aliphatic rings. The molecule has 6 nitrogen and oxygen atoms in total. The van der Waals surface area contributed by atoms with E-state index in [-0.39, 0.29) is 21.3 Å². The normalized spacial score (nSPS) is 11.1. The summed E-state index contributed by atoms with van der Waals surface area (Å²) < 4.78 is 39.4. The minimum atomic E-state index is -4.02. The number of nitrogens with one attached hydrogen (secondary N) is 1. The Morgan fingerprint density at radius 1 is 1.19 bits per heavy atom. The van der Waals surface area contributed by atoms with Crippen LogP contribution in [0, 0.1) is 15.9 Å². The highest BCUT2D eigenvalue weighted by atomic mass is 35.5. The number of halogens is 2. The molecular weight excluding hydrogens is 323 g/mol. The van der Waals surface area contributed by atoms with Crippen molar-refractivity contribution in [1.29, 1.82) is 0 Å². The summed E-state index contributed by atoms with van der Waals surface area (Å²) >= 11 is 5.53. The monoisotopic (exact) mass is 330 g/mol. The number of nitrogens with zero attached hydrogens (tertiary/aromatic N) is 1. The maximum absolute atomic E-state index is 13.0. The summed E-state index contributed by atoms with van der Waals surface area (Å²) in [6, 6.07) is 7.92. The van der Waals surface area contributed by atoms with Crippen LogP contribution in [0.25, 0.3) is 0 Å². The Kier molecular flexibility index (Phi) is 4.10. The van der Waals surface area contributed by atoms with E-state index in [0.717, 1.165) is 24.3 Å². The van der Waals surface area contributed by atoms with Gasteiger partial charge in [-0.25, -0.2) is 12.8 Å². The summed E-state index contributed by atoms with van der Waals surface area (Å²) in [4.78, 5) is 9.74. The first-order chi connectivity index (χ1) is 9.79. The standard InChI is InChI=1S/C12H8ClFN2O4S/c13-11-7-10(4-5-12(11)14)21(19,20)15-8-2-1-3-9(6-8)16(17)18/h1-7,15H. The van der Waals surface area contributed by atoms with E-state index in [1.165, 1.54) is 18.2 Å². The van der Waals surface area contributed by atoms with E-state index in [0.29, 0.717) is 0 Å². The predicted molar refractivity (Wildman–Crippen MR) is 75.3 cm³/mol. The van der Waals surface area contributed by atoms with Gasteiger partial charge in [0, 0.05) is 12.1 Å². The number of hydrogen-bond donors (Lipinski definition) is 1. The van der Waals surface area contributed by atoms with Crippen LogP contribution in [0.1, 0.15) is 0 Å². The molecule has 1 N–H and O–H groups in total. The fourth-order valence-corrected chi connectivity index (χ4v) is 2.86. The predicted octanol–water partition coefficient (Wildman–Crippen LogP) is 3.19. The second-order valence-electron chi connectivity index (χ2n) is 3.99. The molecule has 0 bridgehead atoms. The summed E-state index contributed by atoms with van der Waals surface area (Å²) in [5.74, 6) is -0.744. The van der Waals surface area contributed by atoms with Crippen molar-refractivity contribution in [3.8, 4) is 0 Å². The number of sulfonamides is 1. The zero-order chi connectivity index (χ0) is 15.6. The SMILES string of the molecule is O=[N+]([O-])c1cccc(NS(=O)(=O)c2ccc(F)c(Cl)c2)c1. The van der Waals surface area contributed by atoms with Gasteiger partial charge in [-0.05, 0) is 24.3 Å². The van der Waals surface area contributed by atoms with Crippen molar-refractivity contribution >= 4 is 33.0 Å². The Balaban J connectivity index is 2.35. The van der Waals surface area contributed by atoms with Crippen molar-refractivity contribution in [3.05, 3.63) is 63.4 Å². The molecule has 0 saturated carbocycles. The van der Waals surface area contributed by atoms with Gasteiger partial charge in [-0.15, -0.1) is 0 Å². The van der Waals surface area contributed by atoms with Crippen molar-refractivity contribution in [1.82, 2.24) is 0 Å². The third kappa shape index (κ3) is 3.47. The molecule has 0 heterocycles. The quantitative estimate of drug-likeness (QED) is 0.688. The highest BCUT2D eigenvalue weighted by molar-refractivity contribution is 7.92. The number of nitro groups is 1. The third-order valence-corrected chi connectivity index (χ3v) is 4.18. The molecule has 2 aromatic rings. The molecule has 21 heavy (non-hydrogen) atoms. The number of nitro benzene ring substituents is 1. The Labute approximate surface area is 124 Å². The summed E-state index contributed by atoms with van der Waals surface area (Å²) in [6.07, 6.45) is 0. The number of rotatable bonds is 4.